The molecule has 0 radical (unpaired) electrons. The third-order valence-electron chi connectivity index (χ3n) is 5.42. The summed E-state index contributed by atoms with van der Waals surface area (Å²) in [5, 5.41) is 0. The molecule has 0 unspecified atom stereocenters. The Hall–Kier alpha value is -1.88. The molecule has 24 heavy (non-hydrogen) atoms. The van der Waals surface area contributed by atoms with E-state index in [9.17, 15) is 4.79 Å². The zero-order chi connectivity index (χ0) is 16.5. The van der Waals surface area contributed by atoms with Crippen molar-refractivity contribution in [2.24, 2.45) is 5.92 Å². The summed E-state index contributed by atoms with van der Waals surface area (Å²) in [6, 6.07) is 6.23. The summed E-state index contributed by atoms with van der Waals surface area (Å²) >= 11 is 0. The van der Waals surface area contributed by atoms with E-state index in [-0.39, 0.29) is 5.92 Å². The van der Waals surface area contributed by atoms with Crippen molar-refractivity contribution in [1.82, 2.24) is 14.9 Å². The van der Waals surface area contributed by atoms with Crippen LogP contribution in [0.15, 0.2) is 18.2 Å². The smallest absolute Gasteiger partial charge is 0.225 e. The molecule has 5 nitrogen and oxygen atoms in total. The van der Waals surface area contributed by atoms with Crippen molar-refractivity contribution in [2.45, 2.75) is 38.5 Å². The minimum Gasteiger partial charge on any atom is -0.381 e. The lowest BCUT2D eigenvalue weighted by atomic mass is 9.93. The molecule has 2 saturated heterocycles. The van der Waals surface area contributed by atoms with Gasteiger partial charge in [0, 0.05) is 38.1 Å². The minimum absolute atomic E-state index is 0.149. The number of imidazole rings is 1. The molecule has 1 aromatic heterocycles. The molecule has 4 rings (SSSR count). The number of benzene rings is 1. The van der Waals surface area contributed by atoms with Gasteiger partial charge in [0.25, 0.3) is 0 Å². The molecule has 2 aliphatic heterocycles. The number of likely N-dealkylation sites (tertiary alicyclic amines) is 1. The van der Waals surface area contributed by atoms with Crippen molar-refractivity contribution in [1.29, 1.82) is 0 Å². The average molecular weight is 327 g/mol. The molecular weight excluding hydrogens is 302 g/mol. The van der Waals surface area contributed by atoms with Crippen molar-refractivity contribution in [3.63, 3.8) is 0 Å². The highest BCUT2D eigenvalue weighted by Crippen LogP contribution is 2.29. The highest BCUT2D eigenvalue weighted by atomic mass is 16.5. The molecule has 0 saturated carbocycles. The maximum absolute atomic E-state index is 12.8. The predicted molar refractivity (Wildman–Crippen MR) is 92.9 cm³/mol. The maximum Gasteiger partial charge on any atom is 0.225 e. The third-order valence-corrected chi connectivity index (χ3v) is 5.42. The van der Waals surface area contributed by atoms with E-state index in [1.807, 2.05) is 0 Å². The second-order valence-corrected chi connectivity index (χ2v) is 7.10. The highest BCUT2D eigenvalue weighted by Gasteiger charge is 2.31. The van der Waals surface area contributed by atoms with Crippen LogP contribution in [0.2, 0.25) is 0 Å². The molecule has 1 N–H and O–H groups in total. The van der Waals surface area contributed by atoms with Crippen LogP contribution in [0.4, 0.5) is 0 Å². The van der Waals surface area contributed by atoms with Crippen LogP contribution in [-0.4, -0.2) is 47.1 Å². The summed E-state index contributed by atoms with van der Waals surface area (Å²) in [4.78, 5) is 23.2. The number of carbonyl (C=O) groups excluding carboxylic acids is 1. The molecule has 2 fully saturated rings. The zero-order valence-electron chi connectivity index (χ0n) is 14.3. The molecule has 3 heterocycles. The van der Waals surface area contributed by atoms with Gasteiger partial charge < -0.3 is 14.6 Å². The number of amides is 1. The van der Waals surface area contributed by atoms with Gasteiger partial charge in [-0.1, -0.05) is 12.1 Å². The Morgan fingerprint density at radius 3 is 2.92 bits per heavy atom. The zero-order valence-corrected chi connectivity index (χ0v) is 14.3. The van der Waals surface area contributed by atoms with Gasteiger partial charge >= 0.3 is 0 Å². The van der Waals surface area contributed by atoms with Gasteiger partial charge in [0.2, 0.25) is 5.91 Å². The number of fused-ring (bicyclic) bond motifs is 1. The predicted octanol–water partition coefficient (Wildman–Crippen LogP) is 3.00. The van der Waals surface area contributed by atoms with Crippen LogP contribution in [-0.2, 0) is 9.53 Å². The summed E-state index contributed by atoms with van der Waals surface area (Å²) in [7, 11) is 0. The first-order valence-corrected chi connectivity index (χ1v) is 9.04. The quantitative estimate of drug-likeness (QED) is 0.922. The second kappa shape index (κ2) is 6.55. The van der Waals surface area contributed by atoms with Crippen LogP contribution in [0.3, 0.4) is 0 Å². The normalized spacial score (nSPS) is 22.9. The van der Waals surface area contributed by atoms with Gasteiger partial charge in [-0.3, -0.25) is 4.79 Å². The standard InChI is InChI=1S/C19H25N3O2/c1-13-4-2-6-16-17(13)21-18(20-16)15-5-3-9-22(12-15)19(23)14-7-10-24-11-8-14/h2,4,6,14-15H,3,5,7-12H2,1H3,(H,20,21)/t15-/m1/s1. The molecule has 0 aliphatic carbocycles. The number of aryl methyl sites for hydroxylation is 1. The van der Waals surface area contributed by atoms with E-state index in [1.165, 1.54) is 5.56 Å². The molecule has 0 bridgehead atoms. The van der Waals surface area contributed by atoms with Gasteiger partial charge in [0.05, 0.1) is 11.0 Å². The maximum atomic E-state index is 12.8. The Kier molecular flexibility index (Phi) is 4.27. The van der Waals surface area contributed by atoms with Gasteiger partial charge in [-0.2, -0.15) is 0 Å². The monoisotopic (exact) mass is 327 g/mol. The van der Waals surface area contributed by atoms with Crippen LogP contribution in [0.25, 0.3) is 11.0 Å². The lowest BCUT2D eigenvalue weighted by Crippen LogP contribution is -2.43. The number of aromatic amines is 1. The van der Waals surface area contributed by atoms with Crippen LogP contribution in [0.5, 0.6) is 0 Å². The SMILES string of the molecule is Cc1cccc2[nH]c([C@@H]3CCCN(C(=O)C4CCOCC4)C3)nc12. The number of para-hydroxylation sites is 1. The number of rotatable bonds is 2. The van der Waals surface area contributed by atoms with Gasteiger partial charge in [-0.05, 0) is 44.2 Å². The van der Waals surface area contributed by atoms with Crippen molar-refractivity contribution in [3.8, 4) is 0 Å². The lowest BCUT2D eigenvalue weighted by Gasteiger charge is -2.35. The van der Waals surface area contributed by atoms with E-state index in [1.54, 1.807) is 0 Å². The number of piperidine rings is 1. The fourth-order valence-corrected chi connectivity index (χ4v) is 3.99. The van der Waals surface area contributed by atoms with Gasteiger partial charge in [0.1, 0.15) is 5.82 Å². The van der Waals surface area contributed by atoms with Gasteiger partial charge in [-0.25, -0.2) is 4.98 Å². The summed E-state index contributed by atoms with van der Waals surface area (Å²) in [5.41, 5.74) is 3.35. The Bertz CT molecular complexity index is 733. The lowest BCUT2D eigenvalue weighted by molar-refractivity contribution is -0.139. The summed E-state index contributed by atoms with van der Waals surface area (Å²) in [6.45, 7) is 5.20. The van der Waals surface area contributed by atoms with Crippen molar-refractivity contribution < 1.29 is 9.53 Å². The van der Waals surface area contributed by atoms with E-state index in [0.29, 0.717) is 11.8 Å². The number of hydrogen-bond donors (Lipinski definition) is 1. The average Bonchev–Trinajstić information content (AvgIpc) is 3.08. The van der Waals surface area contributed by atoms with Crippen molar-refractivity contribution in [3.05, 3.63) is 29.6 Å². The number of hydrogen-bond acceptors (Lipinski definition) is 3. The van der Waals surface area contributed by atoms with Crippen molar-refractivity contribution >= 4 is 16.9 Å². The van der Waals surface area contributed by atoms with Crippen LogP contribution >= 0.6 is 0 Å². The topological polar surface area (TPSA) is 58.2 Å². The summed E-state index contributed by atoms with van der Waals surface area (Å²) in [6.07, 6.45) is 3.87. The number of aromatic nitrogens is 2. The first-order valence-electron chi connectivity index (χ1n) is 9.04. The largest absolute Gasteiger partial charge is 0.381 e. The number of carbonyl (C=O) groups is 1. The molecule has 0 spiro atoms. The Morgan fingerprint density at radius 1 is 1.29 bits per heavy atom. The number of nitrogens with one attached hydrogen (secondary N) is 1. The van der Waals surface area contributed by atoms with E-state index in [0.717, 1.165) is 68.8 Å². The molecule has 2 aliphatic rings. The molecule has 1 atom stereocenters. The fourth-order valence-electron chi connectivity index (χ4n) is 3.99. The second-order valence-electron chi connectivity index (χ2n) is 7.10. The molecule has 128 valence electrons. The van der Waals surface area contributed by atoms with E-state index < -0.39 is 0 Å². The fraction of sp³-hybridized carbons (Fsp3) is 0.579. The number of ether oxygens (including phenoxy) is 1. The van der Waals surface area contributed by atoms with E-state index >= 15 is 0 Å². The molecule has 5 heteroatoms. The van der Waals surface area contributed by atoms with Crippen LogP contribution < -0.4 is 0 Å². The van der Waals surface area contributed by atoms with Gasteiger partial charge in [0.15, 0.2) is 0 Å². The summed E-state index contributed by atoms with van der Waals surface area (Å²) < 4.78 is 5.39. The Balaban J connectivity index is 1.51. The molecule has 1 amide bonds. The van der Waals surface area contributed by atoms with Gasteiger partial charge in [-0.15, -0.1) is 0 Å². The number of nitrogens with zero attached hydrogens (tertiary/aromatic N) is 2. The Morgan fingerprint density at radius 2 is 2.12 bits per heavy atom. The summed E-state index contributed by atoms with van der Waals surface area (Å²) in [5.74, 6) is 1.81. The molecular formula is C19H25N3O2. The first kappa shape index (κ1) is 15.6. The minimum atomic E-state index is 0.149. The van der Waals surface area contributed by atoms with Crippen molar-refractivity contribution in [2.75, 3.05) is 26.3 Å². The number of H-pyrrole nitrogens is 1. The highest BCUT2D eigenvalue weighted by molar-refractivity contribution is 5.80. The third kappa shape index (κ3) is 2.93. The van der Waals surface area contributed by atoms with Crippen LogP contribution in [0.1, 0.15) is 43.0 Å². The first-order chi connectivity index (χ1) is 11.7. The van der Waals surface area contributed by atoms with Crippen LogP contribution in [0, 0.1) is 12.8 Å². The van der Waals surface area contributed by atoms with E-state index in [2.05, 4.69) is 35.0 Å². The Labute approximate surface area is 142 Å². The molecule has 2 aromatic rings. The van der Waals surface area contributed by atoms with E-state index in [4.69, 9.17) is 9.72 Å². The molecule has 1 aromatic carbocycles.